The molecule has 0 aliphatic carbocycles. The molecule has 2 rings (SSSR count). The Balaban J connectivity index is 0.000000312. The third-order valence-electron chi connectivity index (χ3n) is 2.15. The largest absolute Gasteiger partial charge is 0.420 e. The molecule has 0 bridgehead atoms. The van der Waals surface area contributed by atoms with Crippen molar-refractivity contribution in [3.05, 3.63) is 35.9 Å². The first-order chi connectivity index (χ1) is 9.17. The highest BCUT2D eigenvalue weighted by Crippen LogP contribution is 2.23. The maximum Gasteiger partial charge on any atom is 0.320 e. The topological polar surface area (TPSA) is 93.1 Å². The minimum absolute atomic E-state index is 0.0938. The van der Waals surface area contributed by atoms with Gasteiger partial charge in [-0.3, -0.25) is 9.59 Å². The van der Waals surface area contributed by atoms with Crippen LogP contribution in [0.4, 0.5) is 0 Å². The van der Waals surface area contributed by atoms with Crippen LogP contribution in [0.15, 0.2) is 30.3 Å². The van der Waals surface area contributed by atoms with Crippen molar-refractivity contribution < 1.29 is 29.3 Å². The average Bonchev–Trinajstić information content (AvgIpc) is 2.40. The molecule has 1 saturated heterocycles. The summed E-state index contributed by atoms with van der Waals surface area (Å²) in [5.41, 5.74) is 0.661. The quantitative estimate of drug-likeness (QED) is 0.614. The summed E-state index contributed by atoms with van der Waals surface area (Å²) in [5, 5.41) is 15.8. The van der Waals surface area contributed by atoms with Crippen molar-refractivity contribution in [3.8, 4) is 0 Å². The summed E-state index contributed by atoms with van der Waals surface area (Å²) in [5.74, 6) is -1.09. The van der Waals surface area contributed by atoms with E-state index < -0.39 is 18.2 Å². The fourth-order valence-corrected chi connectivity index (χ4v) is 1.28. The van der Waals surface area contributed by atoms with Crippen LogP contribution in [0.2, 0.25) is 0 Å². The van der Waals surface area contributed by atoms with Crippen LogP contribution in [0.5, 0.6) is 0 Å². The number of aliphatic hydroxyl groups excluding tert-OH is 2. The molecule has 0 saturated carbocycles. The molecule has 6 heteroatoms. The third kappa shape index (κ3) is 5.50. The van der Waals surface area contributed by atoms with Gasteiger partial charge in [-0.15, -0.1) is 0 Å². The van der Waals surface area contributed by atoms with Gasteiger partial charge < -0.3 is 19.7 Å². The van der Waals surface area contributed by atoms with Gasteiger partial charge in [0.25, 0.3) is 6.29 Å². The van der Waals surface area contributed by atoms with E-state index in [9.17, 15) is 9.59 Å². The van der Waals surface area contributed by atoms with E-state index in [1.165, 1.54) is 0 Å². The van der Waals surface area contributed by atoms with E-state index in [1.54, 1.807) is 24.3 Å². The van der Waals surface area contributed by atoms with Crippen molar-refractivity contribution in [1.82, 2.24) is 0 Å². The van der Waals surface area contributed by atoms with E-state index in [-0.39, 0.29) is 19.6 Å². The molecule has 6 nitrogen and oxygen atoms in total. The second kappa shape index (κ2) is 8.23. The molecule has 0 unspecified atom stereocenters. The fourth-order valence-electron chi connectivity index (χ4n) is 1.28. The minimum atomic E-state index is -0.884. The molecule has 2 N–H and O–H groups in total. The SMILES string of the molecule is O=C1CC(=O)OC(c2ccccc2)O1.OCCCO. The predicted molar refractivity (Wildman–Crippen MR) is 64.8 cm³/mol. The number of cyclic esters (lactones) is 2. The first-order valence-corrected chi connectivity index (χ1v) is 5.83. The van der Waals surface area contributed by atoms with E-state index in [0.717, 1.165) is 0 Å². The normalized spacial score (nSPS) is 15.1. The number of hydrogen-bond donors (Lipinski definition) is 2. The number of rotatable bonds is 3. The van der Waals surface area contributed by atoms with E-state index in [0.29, 0.717) is 12.0 Å². The van der Waals surface area contributed by atoms with Crippen LogP contribution in [0.3, 0.4) is 0 Å². The monoisotopic (exact) mass is 268 g/mol. The summed E-state index contributed by atoms with van der Waals surface area (Å²) in [4.78, 5) is 21.9. The Kier molecular flexibility index (Phi) is 6.56. The zero-order valence-corrected chi connectivity index (χ0v) is 10.3. The smallest absolute Gasteiger partial charge is 0.320 e. The number of aliphatic hydroxyl groups is 2. The lowest BCUT2D eigenvalue weighted by Crippen LogP contribution is -2.26. The van der Waals surface area contributed by atoms with E-state index in [1.807, 2.05) is 6.07 Å². The van der Waals surface area contributed by atoms with Gasteiger partial charge in [-0.05, 0) is 6.42 Å². The van der Waals surface area contributed by atoms with Gasteiger partial charge >= 0.3 is 11.9 Å². The first kappa shape index (κ1) is 15.1. The molecule has 0 atom stereocenters. The highest BCUT2D eigenvalue weighted by molar-refractivity contribution is 5.92. The van der Waals surface area contributed by atoms with Crippen molar-refractivity contribution in [1.29, 1.82) is 0 Å². The molecule has 1 fully saturated rings. The van der Waals surface area contributed by atoms with Crippen molar-refractivity contribution in [3.63, 3.8) is 0 Å². The van der Waals surface area contributed by atoms with Crippen LogP contribution >= 0.6 is 0 Å². The van der Waals surface area contributed by atoms with E-state index >= 15 is 0 Å². The Morgan fingerprint density at radius 2 is 1.53 bits per heavy atom. The molecule has 1 aromatic rings. The van der Waals surface area contributed by atoms with E-state index in [4.69, 9.17) is 19.7 Å². The summed E-state index contributed by atoms with van der Waals surface area (Å²) >= 11 is 0. The van der Waals surface area contributed by atoms with Crippen molar-refractivity contribution >= 4 is 11.9 Å². The zero-order valence-electron chi connectivity index (χ0n) is 10.3. The Morgan fingerprint density at radius 1 is 1.00 bits per heavy atom. The molecule has 0 spiro atoms. The van der Waals surface area contributed by atoms with Gasteiger partial charge in [-0.2, -0.15) is 0 Å². The summed E-state index contributed by atoms with van der Waals surface area (Å²) < 4.78 is 9.72. The molecule has 0 amide bonds. The lowest BCUT2D eigenvalue weighted by Gasteiger charge is -2.22. The number of carbonyl (C=O) groups excluding carboxylic acids is 2. The number of hydrogen-bond acceptors (Lipinski definition) is 6. The summed E-state index contributed by atoms with van der Waals surface area (Å²) in [6.07, 6.45) is -0.687. The van der Waals surface area contributed by atoms with Gasteiger partial charge in [0.1, 0.15) is 6.42 Å². The Hall–Kier alpha value is -1.92. The number of benzene rings is 1. The fraction of sp³-hybridized carbons (Fsp3) is 0.385. The second-order valence-electron chi connectivity index (χ2n) is 3.70. The summed E-state index contributed by atoms with van der Waals surface area (Å²) in [6, 6.07) is 8.86. The Morgan fingerprint density at radius 3 is 1.95 bits per heavy atom. The standard InChI is InChI=1S/C10H8O4.C3H8O2/c11-8-6-9(12)14-10(13-8)7-4-2-1-3-5-7;4-2-1-3-5/h1-5,10H,6H2;4-5H,1-3H2. The number of ether oxygens (including phenoxy) is 2. The molecule has 0 radical (unpaired) electrons. The molecular formula is C13H16O6. The summed E-state index contributed by atoms with van der Waals surface area (Å²) in [7, 11) is 0. The molecule has 1 aliphatic rings. The van der Waals surface area contributed by atoms with Crippen molar-refractivity contribution in [2.24, 2.45) is 0 Å². The van der Waals surface area contributed by atoms with Crippen LogP contribution in [0.1, 0.15) is 24.7 Å². The van der Waals surface area contributed by atoms with Gasteiger partial charge in [-0.1, -0.05) is 30.3 Å². The Bertz CT molecular complexity index is 385. The van der Waals surface area contributed by atoms with Gasteiger partial charge in [0.15, 0.2) is 0 Å². The lowest BCUT2D eigenvalue weighted by atomic mass is 10.2. The van der Waals surface area contributed by atoms with Gasteiger partial charge in [0.2, 0.25) is 0 Å². The maximum absolute atomic E-state index is 10.9. The van der Waals surface area contributed by atoms with Crippen molar-refractivity contribution in [2.75, 3.05) is 13.2 Å². The van der Waals surface area contributed by atoms with Crippen LogP contribution in [0.25, 0.3) is 0 Å². The molecule has 104 valence electrons. The molecule has 19 heavy (non-hydrogen) atoms. The van der Waals surface area contributed by atoms with Gasteiger partial charge in [0, 0.05) is 18.8 Å². The summed E-state index contributed by atoms with van der Waals surface area (Å²) in [6.45, 7) is 0.188. The van der Waals surface area contributed by atoms with Crippen LogP contribution in [-0.2, 0) is 19.1 Å². The lowest BCUT2D eigenvalue weighted by molar-refractivity contribution is -0.204. The second-order valence-corrected chi connectivity index (χ2v) is 3.70. The van der Waals surface area contributed by atoms with Gasteiger partial charge in [-0.25, -0.2) is 0 Å². The average molecular weight is 268 g/mol. The maximum atomic E-state index is 10.9. The molecular weight excluding hydrogens is 252 g/mol. The highest BCUT2D eigenvalue weighted by Gasteiger charge is 2.28. The van der Waals surface area contributed by atoms with Crippen molar-refractivity contribution in [2.45, 2.75) is 19.1 Å². The minimum Gasteiger partial charge on any atom is -0.420 e. The van der Waals surface area contributed by atoms with Crippen LogP contribution < -0.4 is 0 Å². The van der Waals surface area contributed by atoms with Crippen LogP contribution in [-0.4, -0.2) is 35.4 Å². The van der Waals surface area contributed by atoms with E-state index in [2.05, 4.69) is 0 Å². The van der Waals surface area contributed by atoms with Crippen LogP contribution in [0, 0.1) is 0 Å². The molecule has 0 aromatic heterocycles. The first-order valence-electron chi connectivity index (χ1n) is 5.83. The zero-order chi connectivity index (χ0) is 14.1. The molecule has 1 heterocycles. The number of carbonyl (C=O) groups is 2. The van der Waals surface area contributed by atoms with Gasteiger partial charge in [0.05, 0.1) is 0 Å². The molecule has 1 aliphatic heterocycles. The highest BCUT2D eigenvalue weighted by atomic mass is 16.7. The predicted octanol–water partition coefficient (Wildman–Crippen LogP) is 0.536. The molecule has 1 aromatic carbocycles. The third-order valence-corrected chi connectivity index (χ3v) is 2.15. The Labute approximate surface area is 110 Å². The number of esters is 2.